The van der Waals surface area contributed by atoms with Gasteiger partial charge in [0.1, 0.15) is 5.75 Å². The molecule has 0 aromatic heterocycles. The highest BCUT2D eigenvalue weighted by Crippen LogP contribution is 2.30. The number of anilines is 1. The molecule has 1 aliphatic rings. The van der Waals surface area contributed by atoms with Crippen LogP contribution in [-0.4, -0.2) is 44.1 Å². The number of benzene rings is 2. The molecule has 160 valence electrons. The van der Waals surface area contributed by atoms with Gasteiger partial charge >= 0.3 is 0 Å². The van der Waals surface area contributed by atoms with Crippen molar-refractivity contribution in [1.29, 1.82) is 0 Å². The number of nitrogens with one attached hydrogen (secondary N) is 1. The molecule has 0 spiro atoms. The Kier molecular flexibility index (Phi) is 10.3. The fourth-order valence-electron chi connectivity index (χ4n) is 3.59. The van der Waals surface area contributed by atoms with Gasteiger partial charge in [-0.15, -0.1) is 24.8 Å². The van der Waals surface area contributed by atoms with Crippen LogP contribution in [-0.2, 0) is 11.3 Å². The molecular formula is C22H31Cl2N3O2. The third kappa shape index (κ3) is 6.53. The highest BCUT2D eigenvalue weighted by molar-refractivity contribution is 5.85. The zero-order chi connectivity index (χ0) is 19.2. The Bertz CT molecular complexity index is 763. The zero-order valence-electron chi connectivity index (χ0n) is 17.3. The monoisotopic (exact) mass is 439 g/mol. The molecule has 1 N–H and O–H groups in total. The summed E-state index contributed by atoms with van der Waals surface area (Å²) in [5.41, 5.74) is 3.61. The van der Waals surface area contributed by atoms with E-state index in [9.17, 15) is 4.79 Å². The number of ether oxygens (including phenoxy) is 1. The van der Waals surface area contributed by atoms with E-state index in [2.05, 4.69) is 58.4 Å². The number of rotatable bonds is 6. The van der Waals surface area contributed by atoms with Gasteiger partial charge in [-0.1, -0.05) is 36.4 Å². The summed E-state index contributed by atoms with van der Waals surface area (Å²) in [5.74, 6) is 0.939. The summed E-state index contributed by atoms with van der Waals surface area (Å²) in [6, 6.07) is 17.2. The first-order valence-corrected chi connectivity index (χ1v) is 9.54. The first-order chi connectivity index (χ1) is 13.1. The van der Waals surface area contributed by atoms with Gasteiger partial charge in [-0.2, -0.15) is 0 Å². The van der Waals surface area contributed by atoms with E-state index in [-0.39, 0.29) is 30.7 Å². The van der Waals surface area contributed by atoms with E-state index in [0.717, 1.165) is 37.5 Å². The number of nitrogens with zero attached hydrogens (tertiary/aromatic N) is 2. The Hall–Kier alpha value is -1.95. The van der Waals surface area contributed by atoms with Gasteiger partial charge in [0.25, 0.3) is 0 Å². The van der Waals surface area contributed by atoms with Crippen LogP contribution in [0.1, 0.15) is 31.0 Å². The van der Waals surface area contributed by atoms with Crippen LogP contribution in [0.4, 0.5) is 5.69 Å². The lowest BCUT2D eigenvalue weighted by Gasteiger charge is -2.39. The lowest BCUT2D eigenvalue weighted by atomic mass is 10.0. The van der Waals surface area contributed by atoms with Crippen LogP contribution < -0.4 is 15.0 Å². The second kappa shape index (κ2) is 11.9. The van der Waals surface area contributed by atoms with E-state index in [1.165, 1.54) is 11.3 Å². The smallest absolute Gasteiger partial charge is 0.217 e. The second-order valence-electron chi connectivity index (χ2n) is 7.02. The normalized spacial score (nSPS) is 14.9. The number of hydrogen-bond donors (Lipinski definition) is 1. The van der Waals surface area contributed by atoms with Crippen molar-refractivity contribution >= 4 is 36.4 Å². The van der Waals surface area contributed by atoms with Crippen LogP contribution >= 0.6 is 24.8 Å². The van der Waals surface area contributed by atoms with Crippen molar-refractivity contribution in [2.45, 2.75) is 26.4 Å². The van der Waals surface area contributed by atoms with Crippen molar-refractivity contribution in [3.63, 3.8) is 0 Å². The maximum Gasteiger partial charge on any atom is 0.217 e. The number of piperazine rings is 1. The number of para-hydroxylation sites is 2. The Morgan fingerprint density at radius 1 is 1.03 bits per heavy atom. The minimum absolute atomic E-state index is 0. The van der Waals surface area contributed by atoms with Gasteiger partial charge in [-0.05, 0) is 30.2 Å². The molecule has 1 heterocycles. The van der Waals surface area contributed by atoms with Crippen molar-refractivity contribution in [3.8, 4) is 5.75 Å². The molecule has 1 fully saturated rings. The van der Waals surface area contributed by atoms with Crippen molar-refractivity contribution in [3.05, 3.63) is 59.7 Å². The molecule has 2 aromatic carbocycles. The van der Waals surface area contributed by atoms with Crippen LogP contribution in [0.3, 0.4) is 0 Å². The lowest BCUT2D eigenvalue weighted by molar-refractivity contribution is -0.119. The van der Waals surface area contributed by atoms with E-state index >= 15 is 0 Å². The maximum absolute atomic E-state index is 11.0. The predicted molar refractivity (Wildman–Crippen MR) is 124 cm³/mol. The summed E-state index contributed by atoms with van der Waals surface area (Å²) in [6.45, 7) is 8.42. The van der Waals surface area contributed by atoms with Gasteiger partial charge in [0.05, 0.1) is 12.8 Å². The molecule has 0 saturated carbocycles. The minimum Gasteiger partial charge on any atom is -0.495 e. The number of methoxy groups -OCH3 is 1. The minimum atomic E-state index is 0. The second-order valence-corrected chi connectivity index (χ2v) is 7.02. The quantitative estimate of drug-likeness (QED) is 0.736. The summed E-state index contributed by atoms with van der Waals surface area (Å²) < 4.78 is 5.51. The average molecular weight is 440 g/mol. The van der Waals surface area contributed by atoms with Gasteiger partial charge < -0.3 is 15.0 Å². The molecule has 1 aliphatic heterocycles. The molecule has 1 amide bonds. The zero-order valence-corrected chi connectivity index (χ0v) is 18.9. The lowest BCUT2D eigenvalue weighted by Crippen LogP contribution is -2.47. The third-order valence-corrected chi connectivity index (χ3v) is 5.29. The summed E-state index contributed by atoms with van der Waals surface area (Å²) in [5, 5.41) is 2.84. The van der Waals surface area contributed by atoms with Crippen molar-refractivity contribution in [2.75, 3.05) is 38.2 Å². The number of amides is 1. The molecule has 29 heavy (non-hydrogen) atoms. The van der Waals surface area contributed by atoms with Gasteiger partial charge in [-0.3, -0.25) is 9.69 Å². The largest absolute Gasteiger partial charge is 0.495 e. The SMILES string of the molecule is COc1ccccc1N1CCN(C(C)c2ccc(CNC(C)=O)cc2)CC1.Cl.Cl. The maximum atomic E-state index is 11.0. The van der Waals surface area contributed by atoms with Crippen LogP contribution in [0.15, 0.2) is 48.5 Å². The molecule has 3 rings (SSSR count). The molecule has 0 bridgehead atoms. The van der Waals surface area contributed by atoms with Gasteiger partial charge in [0, 0.05) is 45.7 Å². The summed E-state index contributed by atoms with van der Waals surface area (Å²) in [6.07, 6.45) is 0. The van der Waals surface area contributed by atoms with Gasteiger partial charge in [-0.25, -0.2) is 0 Å². The fourth-order valence-corrected chi connectivity index (χ4v) is 3.59. The van der Waals surface area contributed by atoms with Gasteiger partial charge in [0.15, 0.2) is 0 Å². The first-order valence-electron chi connectivity index (χ1n) is 9.54. The first kappa shape index (κ1) is 25.1. The Morgan fingerprint density at radius 3 is 2.24 bits per heavy atom. The number of halogens is 2. The highest BCUT2D eigenvalue weighted by atomic mass is 35.5. The Morgan fingerprint density at radius 2 is 1.66 bits per heavy atom. The van der Waals surface area contributed by atoms with Crippen molar-refractivity contribution in [1.82, 2.24) is 10.2 Å². The summed E-state index contributed by atoms with van der Waals surface area (Å²) in [4.78, 5) is 16.0. The highest BCUT2D eigenvalue weighted by Gasteiger charge is 2.23. The number of carbonyl (C=O) groups is 1. The molecule has 7 heteroatoms. The Labute approximate surface area is 186 Å². The third-order valence-electron chi connectivity index (χ3n) is 5.29. The average Bonchev–Trinajstić information content (AvgIpc) is 2.72. The molecule has 1 atom stereocenters. The van der Waals surface area contributed by atoms with E-state index in [1.54, 1.807) is 14.0 Å². The van der Waals surface area contributed by atoms with Crippen LogP contribution in [0.2, 0.25) is 0 Å². The van der Waals surface area contributed by atoms with Crippen LogP contribution in [0.5, 0.6) is 5.75 Å². The van der Waals surface area contributed by atoms with Crippen LogP contribution in [0, 0.1) is 0 Å². The van der Waals surface area contributed by atoms with E-state index in [1.807, 2.05) is 12.1 Å². The Balaban J connectivity index is 0.00000210. The van der Waals surface area contributed by atoms with E-state index in [4.69, 9.17) is 4.74 Å². The molecule has 0 radical (unpaired) electrons. The standard InChI is InChI=1S/C22H29N3O2.2ClH/c1-17(20-10-8-19(9-11-20)16-23-18(2)26)24-12-14-25(15-13-24)21-6-4-5-7-22(21)27-3;;/h4-11,17H,12-16H2,1-3H3,(H,23,26);2*1H. The fraction of sp³-hybridized carbons (Fsp3) is 0.409. The molecule has 2 aromatic rings. The molecule has 5 nitrogen and oxygen atoms in total. The van der Waals surface area contributed by atoms with Gasteiger partial charge in [0.2, 0.25) is 5.91 Å². The molecule has 1 saturated heterocycles. The molecular weight excluding hydrogens is 409 g/mol. The summed E-state index contributed by atoms with van der Waals surface area (Å²) in [7, 11) is 1.73. The number of carbonyl (C=O) groups excluding carboxylic acids is 1. The predicted octanol–water partition coefficient (Wildman–Crippen LogP) is 4.06. The molecule has 1 unspecified atom stereocenters. The van der Waals surface area contributed by atoms with E-state index < -0.39 is 0 Å². The topological polar surface area (TPSA) is 44.8 Å². The summed E-state index contributed by atoms with van der Waals surface area (Å²) >= 11 is 0. The van der Waals surface area contributed by atoms with Crippen molar-refractivity contribution < 1.29 is 9.53 Å². The molecule has 0 aliphatic carbocycles. The van der Waals surface area contributed by atoms with E-state index in [0.29, 0.717) is 12.6 Å². The van der Waals surface area contributed by atoms with Crippen molar-refractivity contribution in [2.24, 2.45) is 0 Å². The van der Waals surface area contributed by atoms with Crippen LogP contribution in [0.25, 0.3) is 0 Å². The number of hydrogen-bond acceptors (Lipinski definition) is 4.